The van der Waals surface area contributed by atoms with Crippen LogP contribution in [0.25, 0.3) is 10.8 Å². The second-order valence-corrected chi connectivity index (χ2v) is 9.93. The number of benzene rings is 3. The highest BCUT2D eigenvalue weighted by atomic mass is 32.2. The number of hydrogen-bond acceptors (Lipinski definition) is 5. The van der Waals surface area contributed by atoms with Crippen molar-refractivity contribution in [2.75, 3.05) is 4.90 Å². The van der Waals surface area contributed by atoms with Crippen LogP contribution in [-0.4, -0.2) is 35.6 Å². The summed E-state index contributed by atoms with van der Waals surface area (Å²) in [7, 11) is -4.13. The van der Waals surface area contributed by atoms with Crippen LogP contribution >= 0.6 is 0 Å². The molecule has 1 aliphatic heterocycles. The Morgan fingerprint density at radius 1 is 0.882 bits per heavy atom. The Hall–Kier alpha value is -3.88. The Morgan fingerprint density at radius 2 is 1.62 bits per heavy atom. The molecule has 1 fully saturated rings. The van der Waals surface area contributed by atoms with E-state index in [1.807, 2.05) is 24.3 Å². The number of rotatable bonds is 6. The maximum atomic E-state index is 13.9. The first-order valence-corrected chi connectivity index (χ1v) is 12.2. The van der Waals surface area contributed by atoms with E-state index in [1.54, 1.807) is 67.0 Å². The zero-order chi connectivity index (χ0) is 23.7. The highest BCUT2D eigenvalue weighted by molar-refractivity contribution is 7.89. The SMILES string of the molecule is O=C1CC(N(Cc2cccnc2)S(=O)(=O)c2ccc3ccccc3c2)C(=O)N1c1ccccc1. The molecule has 8 heteroatoms. The molecule has 0 aliphatic carbocycles. The Balaban J connectivity index is 1.58. The zero-order valence-corrected chi connectivity index (χ0v) is 18.9. The molecule has 1 aliphatic rings. The van der Waals surface area contributed by atoms with E-state index < -0.39 is 27.9 Å². The van der Waals surface area contributed by atoms with Crippen molar-refractivity contribution in [1.82, 2.24) is 9.29 Å². The highest BCUT2D eigenvalue weighted by Gasteiger charge is 2.47. The first-order valence-electron chi connectivity index (χ1n) is 10.8. The fourth-order valence-corrected chi connectivity index (χ4v) is 5.79. The molecule has 2 heterocycles. The van der Waals surface area contributed by atoms with Gasteiger partial charge >= 0.3 is 0 Å². The van der Waals surface area contributed by atoms with Crippen molar-refractivity contribution >= 4 is 38.3 Å². The minimum absolute atomic E-state index is 0.0634. The summed E-state index contributed by atoms with van der Waals surface area (Å²) in [5, 5.41) is 1.67. The number of fused-ring (bicyclic) bond motifs is 1. The van der Waals surface area contributed by atoms with Crippen LogP contribution in [0.4, 0.5) is 5.69 Å². The Bertz CT molecular complexity index is 1470. The molecule has 170 valence electrons. The molecule has 0 saturated carbocycles. The Morgan fingerprint density at radius 3 is 2.35 bits per heavy atom. The number of amides is 2. The van der Waals surface area contributed by atoms with Gasteiger partial charge < -0.3 is 0 Å². The van der Waals surface area contributed by atoms with Crippen molar-refractivity contribution < 1.29 is 18.0 Å². The maximum Gasteiger partial charge on any atom is 0.252 e. The van der Waals surface area contributed by atoms with Gasteiger partial charge in [0.2, 0.25) is 15.9 Å². The van der Waals surface area contributed by atoms with Crippen molar-refractivity contribution in [2.45, 2.75) is 23.9 Å². The van der Waals surface area contributed by atoms with Crippen LogP contribution in [0.2, 0.25) is 0 Å². The lowest BCUT2D eigenvalue weighted by Crippen LogP contribution is -2.45. The highest BCUT2D eigenvalue weighted by Crippen LogP contribution is 2.31. The maximum absolute atomic E-state index is 13.9. The summed E-state index contributed by atoms with van der Waals surface area (Å²) in [5.74, 6) is -1.00. The lowest BCUT2D eigenvalue weighted by molar-refractivity contribution is -0.122. The molecule has 0 N–H and O–H groups in total. The summed E-state index contributed by atoms with van der Waals surface area (Å²) >= 11 is 0. The van der Waals surface area contributed by atoms with Crippen molar-refractivity contribution in [1.29, 1.82) is 0 Å². The van der Waals surface area contributed by atoms with Crippen LogP contribution in [0, 0.1) is 0 Å². The third kappa shape index (κ3) is 3.98. The van der Waals surface area contributed by atoms with Gasteiger partial charge in [0.25, 0.3) is 5.91 Å². The number of imide groups is 1. The summed E-state index contributed by atoms with van der Waals surface area (Å²) in [6.45, 7) is -0.0880. The van der Waals surface area contributed by atoms with E-state index in [-0.39, 0.29) is 17.9 Å². The van der Waals surface area contributed by atoms with Gasteiger partial charge in [0, 0.05) is 18.9 Å². The minimum atomic E-state index is -4.13. The summed E-state index contributed by atoms with van der Waals surface area (Å²) in [4.78, 5) is 31.5. The number of hydrogen-bond donors (Lipinski definition) is 0. The van der Waals surface area contributed by atoms with E-state index >= 15 is 0 Å². The van der Waals surface area contributed by atoms with E-state index in [1.165, 1.54) is 6.07 Å². The van der Waals surface area contributed by atoms with Gasteiger partial charge in [0.15, 0.2) is 0 Å². The number of sulfonamides is 1. The van der Waals surface area contributed by atoms with Gasteiger partial charge in [-0.25, -0.2) is 13.3 Å². The molecule has 7 nitrogen and oxygen atoms in total. The van der Waals surface area contributed by atoms with Crippen molar-refractivity contribution in [3.8, 4) is 0 Å². The van der Waals surface area contributed by atoms with Gasteiger partial charge in [-0.05, 0) is 46.7 Å². The normalized spacial score (nSPS) is 16.5. The molecular formula is C26H21N3O4S. The summed E-state index contributed by atoms with van der Waals surface area (Å²) in [6, 6.07) is 23.1. The number of carbonyl (C=O) groups is 2. The van der Waals surface area contributed by atoms with E-state index in [9.17, 15) is 18.0 Å². The zero-order valence-electron chi connectivity index (χ0n) is 18.1. The third-order valence-corrected chi connectivity index (χ3v) is 7.72. The number of pyridine rings is 1. The van der Waals surface area contributed by atoms with Gasteiger partial charge in [-0.1, -0.05) is 54.6 Å². The van der Waals surface area contributed by atoms with Crippen LogP contribution in [-0.2, 0) is 26.2 Å². The van der Waals surface area contributed by atoms with Gasteiger partial charge in [-0.2, -0.15) is 4.31 Å². The van der Waals surface area contributed by atoms with E-state index in [2.05, 4.69) is 4.98 Å². The fourth-order valence-electron chi connectivity index (χ4n) is 4.19. The van der Waals surface area contributed by atoms with Crippen molar-refractivity contribution in [3.63, 3.8) is 0 Å². The summed E-state index contributed by atoms with van der Waals surface area (Å²) in [5.41, 5.74) is 1.04. The lowest BCUT2D eigenvalue weighted by Gasteiger charge is -2.27. The van der Waals surface area contributed by atoms with Gasteiger partial charge in [-0.3, -0.25) is 14.6 Å². The average Bonchev–Trinajstić information content (AvgIpc) is 3.16. The molecule has 3 aromatic carbocycles. The quantitative estimate of drug-likeness (QED) is 0.400. The number of carbonyl (C=O) groups excluding carboxylic acids is 2. The standard InChI is InChI=1S/C26H21N3O4S/c30-25-16-24(26(31)29(25)22-10-2-1-3-11-22)28(18-19-7-6-14-27-17-19)34(32,33)23-13-12-20-8-4-5-9-21(20)15-23/h1-15,17,24H,16,18H2. The molecule has 34 heavy (non-hydrogen) atoms. The molecule has 1 aromatic heterocycles. The van der Waals surface area contributed by atoms with E-state index in [4.69, 9.17) is 0 Å². The van der Waals surface area contributed by atoms with Crippen LogP contribution in [0.15, 0.2) is 102 Å². The number of anilines is 1. The van der Waals surface area contributed by atoms with Gasteiger partial charge in [0.1, 0.15) is 6.04 Å². The van der Waals surface area contributed by atoms with Crippen LogP contribution in [0.1, 0.15) is 12.0 Å². The number of nitrogens with zero attached hydrogens (tertiary/aromatic N) is 3. The fraction of sp³-hybridized carbons (Fsp3) is 0.115. The second-order valence-electron chi connectivity index (χ2n) is 8.04. The summed E-state index contributed by atoms with van der Waals surface area (Å²) < 4.78 is 28.9. The molecule has 1 unspecified atom stereocenters. The predicted molar refractivity (Wildman–Crippen MR) is 128 cm³/mol. The molecule has 0 radical (unpaired) electrons. The topological polar surface area (TPSA) is 87.6 Å². The molecule has 5 rings (SSSR count). The lowest BCUT2D eigenvalue weighted by atomic mass is 10.1. The van der Waals surface area contributed by atoms with Crippen LogP contribution in [0.5, 0.6) is 0 Å². The molecule has 0 spiro atoms. The largest absolute Gasteiger partial charge is 0.274 e. The van der Waals surface area contributed by atoms with Crippen molar-refractivity contribution in [3.05, 3.63) is 103 Å². The third-order valence-electron chi connectivity index (χ3n) is 5.87. The van der Waals surface area contributed by atoms with Crippen LogP contribution < -0.4 is 4.90 Å². The van der Waals surface area contributed by atoms with E-state index in [0.717, 1.165) is 20.0 Å². The second kappa shape index (κ2) is 8.81. The monoisotopic (exact) mass is 471 g/mol. The average molecular weight is 472 g/mol. The molecule has 4 aromatic rings. The molecule has 0 bridgehead atoms. The minimum Gasteiger partial charge on any atom is -0.274 e. The number of para-hydroxylation sites is 1. The Kier molecular flexibility index (Phi) is 5.69. The molecule has 1 atom stereocenters. The van der Waals surface area contributed by atoms with Crippen molar-refractivity contribution in [2.24, 2.45) is 0 Å². The van der Waals surface area contributed by atoms with Gasteiger partial charge in [0.05, 0.1) is 17.0 Å². The molecule has 1 saturated heterocycles. The molecular weight excluding hydrogens is 450 g/mol. The first-order chi connectivity index (χ1) is 16.4. The number of aromatic nitrogens is 1. The molecule has 2 amide bonds. The Labute approximate surface area is 197 Å². The summed E-state index contributed by atoms with van der Waals surface area (Å²) in [6.07, 6.45) is 2.91. The van der Waals surface area contributed by atoms with Gasteiger partial charge in [-0.15, -0.1) is 0 Å². The van der Waals surface area contributed by atoms with Crippen LogP contribution in [0.3, 0.4) is 0 Å². The predicted octanol–water partition coefficient (Wildman–Crippen LogP) is 3.76. The first kappa shape index (κ1) is 21.9. The smallest absolute Gasteiger partial charge is 0.252 e. The van der Waals surface area contributed by atoms with E-state index in [0.29, 0.717) is 11.3 Å².